The normalized spacial score (nSPS) is 16.4. The summed E-state index contributed by atoms with van der Waals surface area (Å²) >= 11 is 1.11. The van der Waals surface area contributed by atoms with Gasteiger partial charge in [-0.25, -0.2) is 0 Å². The zero-order valence-corrected chi connectivity index (χ0v) is 19.2. The Morgan fingerprint density at radius 2 is 1.91 bits per heavy atom. The molecule has 1 aliphatic heterocycles. The van der Waals surface area contributed by atoms with E-state index in [1.807, 2.05) is 42.2 Å². The summed E-state index contributed by atoms with van der Waals surface area (Å²) in [7, 11) is 0. The fraction of sp³-hybridized carbons (Fsp3) is 0.375. The van der Waals surface area contributed by atoms with Gasteiger partial charge in [-0.3, -0.25) is 14.6 Å². The van der Waals surface area contributed by atoms with Crippen LogP contribution in [0, 0.1) is 0 Å². The van der Waals surface area contributed by atoms with Crippen LogP contribution in [0.2, 0.25) is 0 Å². The lowest BCUT2D eigenvalue weighted by molar-refractivity contribution is -0.140. The van der Waals surface area contributed by atoms with Crippen molar-refractivity contribution in [3.63, 3.8) is 0 Å². The number of carbonyl (C=O) groups is 2. The van der Waals surface area contributed by atoms with Crippen molar-refractivity contribution in [1.29, 1.82) is 0 Å². The van der Waals surface area contributed by atoms with E-state index in [0.29, 0.717) is 43.0 Å². The zero-order chi connectivity index (χ0) is 22.5. The van der Waals surface area contributed by atoms with Gasteiger partial charge in [-0.05, 0) is 53.2 Å². The molecule has 8 heteroatoms. The molecule has 0 bridgehead atoms. The van der Waals surface area contributed by atoms with Gasteiger partial charge < -0.3 is 9.80 Å². The third kappa shape index (κ3) is 4.41. The molecular formula is C24H27N5O2S. The van der Waals surface area contributed by atoms with E-state index < -0.39 is 6.04 Å². The third-order valence-electron chi connectivity index (χ3n) is 5.84. The Balaban J connectivity index is 1.69. The van der Waals surface area contributed by atoms with Crippen LogP contribution in [0.5, 0.6) is 0 Å². The summed E-state index contributed by atoms with van der Waals surface area (Å²) in [5.41, 5.74) is 3.82. The van der Waals surface area contributed by atoms with Crippen molar-refractivity contribution in [3.05, 3.63) is 64.9 Å². The molecule has 0 saturated carbocycles. The first-order valence-electron chi connectivity index (χ1n) is 11.0. The molecule has 1 saturated heterocycles. The summed E-state index contributed by atoms with van der Waals surface area (Å²) in [4.78, 5) is 35.2. The quantitative estimate of drug-likeness (QED) is 0.552. The van der Waals surface area contributed by atoms with Crippen LogP contribution in [0.15, 0.2) is 48.8 Å². The van der Waals surface area contributed by atoms with E-state index in [4.69, 9.17) is 0 Å². The molecule has 1 aliphatic rings. The average molecular weight is 450 g/mol. The first-order chi connectivity index (χ1) is 15.6. The number of aryl methyl sites for hydroxylation is 1. The van der Waals surface area contributed by atoms with Crippen LogP contribution in [0.3, 0.4) is 0 Å². The van der Waals surface area contributed by atoms with E-state index in [1.165, 1.54) is 0 Å². The SMILES string of the molecule is CCCN1CCN(C(=O)c2snnc2CC)C(Cc2ccccc2-c2ccncc2)C1=O. The molecule has 0 spiro atoms. The molecule has 1 atom stereocenters. The lowest BCUT2D eigenvalue weighted by Crippen LogP contribution is -2.59. The number of pyridine rings is 1. The Morgan fingerprint density at radius 1 is 1.12 bits per heavy atom. The molecule has 7 nitrogen and oxygen atoms in total. The Bertz CT molecular complexity index is 1080. The summed E-state index contributed by atoms with van der Waals surface area (Å²) in [5, 5.41) is 4.10. The van der Waals surface area contributed by atoms with Crippen LogP contribution >= 0.6 is 11.5 Å². The minimum Gasteiger partial charge on any atom is -0.339 e. The van der Waals surface area contributed by atoms with Gasteiger partial charge in [0.2, 0.25) is 5.91 Å². The second-order valence-corrected chi connectivity index (χ2v) is 8.59. The minimum absolute atomic E-state index is 0.00602. The topological polar surface area (TPSA) is 79.3 Å². The van der Waals surface area contributed by atoms with E-state index in [-0.39, 0.29) is 11.8 Å². The summed E-state index contributed by atoms with van der Waals surface area (Å²) in [6.07, 6.45) is 5.51. The molecule has 0 aliphatic carbocycles. The number of aromatic nitrogens is 3. The highest BCUT2D eigenvalue weighted by Crippen LogP contribution is 2.28. The molecule has 3 aromatic rings. The number of piperazine rings is 1. The van der Waals surface area contributed by atoms with Gasteiger partial charge in [-0.15, -0.1) is 5.10 Å². The molecule has 3 heterocycles. The van der Waals surface area contributed by atoms with Gasteiger partial charge in [0.1, 0.15) is 10.9 Å². The van der Waals surface area contributed by atoms with E-state index in [1.54, 1.807) is 17.3 Å². The molecule has 1 aromatic carbocycles. The molecule has 2 amide bonds. The molecule has 1 unspecified atom stereocenters. The highest BCUT2D eigenvalue weighted by atomic mass is 32.1. The molecule has 0 radical (unpaired) electrons. The smallest absolute Gasteiger partial charge is 0.268 e. The molecule has 0 N–H and O–H groups in total. The number of benzene rings is 1. The number of nitrogens with zero attached hydrogens (tertiary/aromatic N) is 5. The molecule has 4 rings (SSSR count). The number of rotatable bonds is 7. The second-order valence-electron chi connectivity index (χ2n) is 7.84. The standard InChI is InChI=1S/C24H27N5O2S/c1-3-13-28-14-15-29(24(31)22-20(4-2)26-27-32-22)21(23(28)30)16-18-7-5-6-8-19(18)17-9-11-25-12-10-17/h5-12,21H,3-4,13-16H2,1-2H3. The number of amides is 2. The Kier molecular flexibility index (Phi) is 6.90. The van der Waals surface area contributed by atoms with Crippen molar-refractivity contribution in [2.75, 3.05) is 19.6 Å². The first-order valence-corrected chi connectivity index (χ1v) is 11.8. The van der Waals surface area contributed by atoms with E-state index >= 15 is 0 Å². The lowest BCUT2D eigenvalue weighted by Gasteiger charge is -2.40. The maximum Gasteiger partial charge on any atom is 0.268 e. The predicted molar refractivity (Wildman–Crippen MR) is 124 cm³/mol. The van der Waals surface area contributed by atoms with Gasteiger partial charge in [0, 0.05) is 38.4 Å². The van der Waals surface area contributed by atoms with Crippen molar-refractivity contribution in [2.45, 2.75) is 39.2 Å². The van der Waals surface area contributed by atoms with Crippen LogP contribution in [0.1, 0.15) is 41.2 Å². The molecule has 166 valence electrons. The fourth-order valence-corrected chi connectivity index (χ4v) is 4.93. The monoisotopic (exact) mass is 449 g/mol. The maximum atomic E-state index is 13.5. The van der Waals surface area contributed by atoms with E-state index in [0.717, 1.165) is 34.6 Å². The molecule has 2 aromatic heterocycles. The largest absolute Gasteiger partial charge is 0.339 e. The maximum absolute atomic E-state index is 13.5. The van der Waals surface area contributed by atoms with Gasteiger partial charge in [-0.1, -0.05) is 42.6 Å². The third-order valence-corrected chi connectivity index (χ3v) is 6.60. The Labute approximate surface area is 192 Å². The second kappa shape index (κ2) is 9.99. The van der Waals surface area contributed by atoms with Gasteiger partial charge >= 0.3 is 0 Å². The minimum atomic E-state index is -0.558. The van der Waals surface area contributed by atoms with Crippen LogP contribution in [-0.2, 0) is 17.6 Å². The van der Waals surface area contributed by atoms with Gasteiger partial charge in [0.05, 0.1) is 5.69 Å². The summed E-state index contributed by atoms with van der Waals surface area (Å²) in [5.74, 6) is -0.140. The zero-order valence-electron chi connectivity index (χ0n) is 18.4. The van der Waals surface area contributed by atoms with Crippen LogP contribution in [0.25, 0.3) is 11.1 Å². The number of hydrogen-bond acceptors (Lipinski definition) is 6. The number of carbonyl (C=O) groups excluding carboxylic acids is 2. The summed E-state index contributed by atoms with van der Waals surface area (Å²) in [6, 6.07) is 11.4. The molecular weight excluding hydrogens is 422 g/mol. The summed E-state index contributed by atoms with van der Waals surface area (Å²) < 4.78 is 3.98. The summed E-state index contributed by atoms with van der Waals surface area (Å²) in [6.45, 7) is 5.78. The Morgan fingerprint density at radius 3 is 2.66 bits per heavy atom. The van der Waals surface area contributed by atoms with Crippen molar-refractivity contribution in [2.24, 2.45) is 0 Å². The van der Waals surface area contributed by atoms with Gasteiger partial charge in [0.15, 0.2) is 0 Å². The van der Waals surface area contributed by atoms with Crippen LogP contribution in [0.4, 0.5) is 0 Å². The average Bonchev–Trinajstić information content (AvgIpc) is 3.31. The highest BCUT2D eigenvalue weighted by Gasteiger charge is 2.39. The van der Waals surface area contributed by atoms with E-state index in [2.05, 4.69) is 27.6 Å². The van der Waals surface area contributed by atoms with Crippen molar-refractivity contribution >= 4 is 23.3 Å². The Hall–Kier alpha value is -3.13. The van der Waals surface area contributed by atoms with Crippen molar-refractivity contribution in [3.8, 4) is 11.1 Å². The van der Waals surface area contributed by atoms with Crippen molar-refractivity contribution in [1.82, 2.24) is 24.4 Å². The van der Waals surface area contributed by atoms with Crippen LogP contribution < -0.4 is 0 Å². The fourth-order valence-electron chi connectivity index (χ4n) is 4.22. The van der Waals surface area contributed by atoms with E-state index in [9.17, 15) is 9.59 Å². The highest BCUT2D eigenvalue weighted by molar-refractivity contribution is 7.08. The van der Waals surface area contributed by atoms with Crippen molar-refractivity contribution < 1.29 is 9.59 Å². The molecule has 1 fully saturated rings. The van der Waals surface area contributed by atoms with Crippen LogP contribution in [-0.4, -0.2) is 61.9 Å². The van der Waals surface area contributed by atoms with Gasteiger partial charge in [0.25, 0.3) is 5.91 Å². The first kappa shape index (κ1) is 22.1. The number of hydrogen-bond donors (Lipinski definition) is 0. The predicted octanol–water partition coefficient (Wildman–Crippen LogP) is 3.47. The lowest BCUT2D eigenvalue weighted by atomic mass is 9.93. The molecule has 32 heavy (non-hydrogen) atoms. The van der Waals surface area contributed by atoms with Gasteiger partial charge in [-0.2, -0.15) is 0 Å².